The average Bonchev–Trinajstić information content (AvgIpc) is 3.21. The first kappa shape index (κ1) is 19.9. The minimum absolute atomic E-state index is 0. The smallest absolute Gasteiger partial charge is 0.275 e. The summed E-state index contributed by atoms with van der Waals surface area (Å²) >= 11 is 0. The number of aromatic nitrogens is 3. The van der Waals surface area contributed by atoms with Gasteiger partial charge in [-0.05, 0) is 18.2 Å². The van der Waals surface area contributed by atoms with Gasteiger partial charge in [-0.2, -0.15) is 4.98 Å². The van der Waals surface area contributed by atoms with Crippen LogP contribution in [0.2, 0.25) is 0 Å². The Balaban J connectivity index is 0.00000225. The number of quaternary nitrogens is 1. The van der Waals surface area contributed by atoms with Crippen LogP contribution in [-0.4, -0.2) is 27.6 Å². The number of hydrogen-bond donors (Lipinski definition) is 1. The van der Waals surface area contributed by atoms with Crippen molar-refractivity contribution >= 4 is 16.7 Å². The lowest BCUT2D eigenvalue weighted by atomic mass is 10.2. The van der Waals surface area contributed by atoms with Crippen molar-refractivity contribution in [3.8, 4) is 5.88 Å². The molecule has 1 aromatic carbocycles. The number of nitrogens with two attached hydrogens (primary N) is 1. The van der Waals surface area contributed by atoms with Crippen molar-refractivity contribution in [2.24, 2.45) is 0 Å². The van der Waals surface area contributed by atoms with Crippen molar-refractivity contribution in [3.63, 3.8) is 0 Å². The summed E-state index contributed by atoms with van der Waals surface area (Å²) in [6, 6.07) is 17.8. The number of fused-ring (bicyclic) bond motifs is 3. The number of ether oxygens (including phenoxy) is 1. The van der Waals surface area contributed by atoms with E-state index in [1.165, 1.54) is 5.56 Å². The van der Waals surface area contributed by atoms with Gasteiger partial charge in [-0.25, -0.2) is 0 Å². The molecule has 4 rings (SSSR count). The molecule has 28 heavy (non-hydrogen) atoms. The fraction of sp³-hybridized carbons (Fsp3) is 0.238. The number of hydrogen-bond acceptors (Lipinski definition) is 3. The molecular formula is C21H23ClN4O2. The minimum Gasteiger partial charge on any atom is -1.00 e. The van der Waals surface area contributed by atoms with Crippen molar-refractivity contribution in [2.75, 3.05) is 13.7 Å². The zero-order valence-electron chi connectivity index (χ0n) is 15.7. The molecule has 0 amide bonds. The van der Waals surface area contributed by atoms with Crippen molar-refractivity contribution in [2.45, 2.75) is 19.5 Å². The van der Waals surface area contributed by atoms with Crippen LogP contribution in [-0.2, 0) is 13.1 Å². The second kappa shape index (κ2) is 8.91. The fourth-order valence-corrected chi connectivity index (χ4v) is 3.41. The zero-order valence-corrected chi connectivity index (χ0v) is 16.5. The van der Waals surface area contributed by atoms with Crippen LogP contribution >= 0.6 is 0 Å². The second-order valence-corrected chi connectivity index (χ2v) is 6.54. The Labute approximate surface area is 169 Å². The molecule has 3 aromatic heterocycles. The largest absolute Gasteiger partial charge is 1.00 e. The lowest BCUT2D eigenvalue weighted by molar-refractivity contribution is -0.671. The van der Waals surface area contributed by atoms with Crippen LogP contribution < -0.4 is 28.0 Å². The van der Waals surface area contributed by atoms with E-state index in [4.69, 9.17) is 4.74 Å². The van der Waals surface area contributed by atoms with Gasteiger partial charge in [-0.1, -0.05) is 30.3 Å². The third-order valence-electron chi connectivity index (χ3n) is 4.78. The molecule has 0 bridgehead atoms. The van der Waals surface area contributed by atoms with Gasteiger partial charge in [-0.15, -0.1) is 0 Å². The summed E-state index contributed by atoms with van der Waals surface area (Å²) in [5.74, 6) is 0.541. The summed E-state index contributed by atoms with van der Waals surface area (Å²) in [5, 5.41) is 2.28. The monoisotopic (exact) mass is 398 g/mol. The van der Waals surface area contributed by atoms with Gasteiger partial charge in [0.1, 0.15) is 12.1 Å². The zero-order chi connectivity index (χ0) is 18.6. The van der Waals surface area contributed by atoms with Crippen molar-refractivity contribution in [3.05, 3.63) is 76.7 Å². The molecule has 146 valence electrons. The van der Waals surface area contributed by atoms with E-state index in [2.05, 4.69) is 34.6 Å². The highest BCUT2D eigenvalue weighted by Crippen LogP contribution is 2.17. The van der Waals surface area contributed by atoms with E-state index in [0.29, 0.717) is 17.9 Å². The predicted molar refractivity (Wildman–Crippen MR) is 105 cm³/mol. The molecule has 0 saturated carbocycles. The van der Waals surface area contributed by atoms with E-state index < -0.39 is 0 Å². The lowest BCUT2D eigenvalue weighted by Crippen LogP contribution is -3.00. The standard InChI is InChI=1S/C21H22N4O2.ClH/c1-27-19-11-10-17-20(23-19)24-13-5-9-18(24)21(26)25(17)14-6-12-22-15-16-7-3-2-4-8-16;/h2-5,7-11,13,22H,6,12,14-15H2,1H3;1H. The Morgan fingerprint density at radius 3 is 2.64 bits per heavy atom. The van der Waals surface area contributed by atoms with Gasteiger partial charge in [0, 0.05) is 30.8 Å². The third kappa shape index (κ3) is 3.88. The highest BCUT2D eigenvalue weighted by atomic mass is 35.5. The molecule has 0 radical (unpaired) electrons. The molecule has 0 atom stereocenters. The quantitative estimate of drug-likeness (QED) is 0.398. The molecular weight excluding hydrogens is 376 g/mol. The van der Waals surface area contributed by atoms with Gasteiger partial charge in [-0.3, -0.25) is 9.20 Å². The van der Waals surface area contributed by atoms with Gasteiger partial charge in [0.25, 0.3) is 5.56 Å². The van der Waals surface area contributed by atoms with E-state index in [0.717, 1.165) is 30.7 Å². The molecule has 0 fully saturated rings. The van der Waals surface area contributed by atoms with Gasteiger partial charge >= 0.3 is 0 Å². The van der Waals surface area contributed by atoms with Crippen LogP contribution in [0.15, 0.2) is 65.6 Å². The average molecular weight is 399 g/mol. The maximum Gasteiger partial charge on any atom is 0.275 e. The van der Waals surface area contributed by atoms with Crippen LogP contribution in [0.25, 0.3) is 16.7 Å². The van der Waals surface area contributed by atoms with Crippen LogP contribution in [0, 0.1) is 0 Å². The Morgan fingerprint density at radius 2 is 1.86 bits per heavy atom. The van der Waals surface area contributed by atoms with E-state index in [1.807, 2.05) is 39.4 Å². The maximum absolute atomic E-state index is 12.9. The van der Waals surface area contributed by atoms with Crippen LogP contribution in [0.5, 0.6) is 5.88 Å². The molecule has 0 aliphatic rings. The van der Waals surface area contributed by atoms with Crippen LogP contribution in [0.3, 0.4) is 0 Å². The Kier molecular flexibility index (Phi) is 6.34. The Morgan fingerprint density at radius 1 is 1.04 bits per heavy atom. The molecule has 0 spiro atoms. The van der Waals surface area contributed by atoms with Crippen molar-refractivity contribution in [1.82, 2.24) is 14.0 Å². The van der Waals surface area contributed by atoms with Gasteiger partial charge in [0.15, 0.2) is 5.65 Å². The Hall–Kier alpha value is -2.83. The summed E-state index contributed by atoms with van der Waals surface area (Å²) in [7, 11) is 1.60. The SMILES string of the molecule is COc1ccc2c(n1)n1cccc1c(=O)n2CCC[NH2+]Cc1ccccc1.[Cl-]. The number of pyridine rings is 1. The molecule has 0 aliphatic carbocycles. The van der Waals surface area contributed by atoms with Crippen molar-refractivity contribution in [1.29, 1.82) is 0 Å². The number of halogens is 1. The maximum atomic E-state index is 12.9. The number of methoxy groups -OCH3 is 1. The highest BCUT2D eigenvalue weighted by molar-refractivity contribution is 5.75. The first-order valence-electron chi connectivity index (χ1n) is 9.18. The summed E-state index contributed by atoms with van der Waals surface area (Å²) in [4.78, 5) is 17.5. The predicted octanol–water partition coefficient (Wildman–Crippen LogP) is -1.18. The molecule has 0 unspecified atom stereocenters. The second-order valence-electron chi connectivity index (χ2n) is 6.54. The molecule has 0 saturated heterocycles. The normalized spacial score (nSPS) is 10.9. The molecule has 7 heteroatoms. The molecule has 6 nitrogen and oxygen atoms in total. The van der Waals surface area contributed by atoms with E-state index in [-0.39, 0.29) is 18.0 Å². The highest BCUT2D eigenvalue weighted by Gasteiger charge is 2.12. The third-order valence-corrected chi connectivity index (χ3v) is 4.78. The first-order valence-corrected chi connectivity index (χ1v) is 9.18. The summed E-state index contributed by atoms with van der Waals surface area (Å²) in [5.41, 5.74) is 3.53. The summed E-state index contributed by atoms with van der Waals surface area (Å²) in [6.07, 6.45) is 2.77. The first-order chi connectivity index (χ1) is 13.3. The van der Waals surface area contributed by atoms with Gasteiger partial charge < -0.3 is 27.0 Å². The number of aryl methyl sites for hydroxylation is 1. The van der Waals surface area contributed by atoms with Gasteiger partial charge in [0.2, 0.25) is 5.88 Å². The topological polar surface area (TPSA) is 65.1 Å². The molecule has 0 aliphatic heterocycles. The summed E-state index contributed by atoms with van der Waals surface area (Å²) in [6.45, 7) is 2.57. The number of benzene rings is 1. The van der Waals surface area contributed by atoms with E-state index in [1.54, 1.807) is 13.2 Å². The van der Waals surface area contributed by atoms with Crippen molar-refractivity contribution < 1.29 is 22.5 Å². The van der Waals surface area contributed by atoms with Crippen LogP contribution in [0.4, 0.5) is 0 Å². The van der Waals surface area contributed by atoms with E-state index in [9.17, 15) is 4.79 Å². The molecule has 3 heterocycles. The minimum atomic E-state index is 0. The fourth-order valence-electron chi connectivity index (χ4n) is 3.41. The molecule has 4 aromatic rings. The number of nitrogens with zero attached hydrogens (tertiary/aromatic N) is 3. The molecule has 2 N–H and O–H groups in total. The van der Waals surface area contributed by atoms with E-state index >= 15 is 0 Å². The number of rotatable bonds is 7. The summed E-state index contributed by atoms with van der Waals surface area (Å²) < 4.78 is 8.91. The Bertz CT molecular complexity index is 1120. The van der Waals surface area contributed by atoms with Crippen LogP contribution in [0.1, 0.15) is 12.0 Å². The van der Waals surface area contributed by atoms with Gasteiger partial charge in [0.05, 0.1) is 19.2 Å². The lowest BCUT2D eigenvalue weighted by Gasteiger charge is -2.12.